The third-order valence-electron chi connectivity index (χ3n) is 1.45. The number of hydrogen-bond donors (Lipinski definition) is 2. The Morgan fingerprint density at radius 1 is 1.73 bits per heavy atom. The summed E-state index contributed by atoms with van der Waals surface area (Å²) in [7, 11) is 0. The highest BCUT2D eigenvalue weighted by Gasteiger charge is 2.05. The van der Waals surface area contributed by atoms with E-state index in [1.54, 1.807) is 18.3 Å². The normalized spacial score (nSPS) is 12.5. The highest BCUT2D eigenvalue weighted by molar-refractivity contribution is 5.33. The number of rotatable bonds is 2. The van der Waals surface area contributed by atoms with Gasteiger partial charge in [-0.05, 0) is 6.07 Å². The maximum Gasteiger partial charge on any atom is 0.138 e. The smallest absolute Gasteiger partial charge is 0.138 e. The number of nitrogens with two attached hydrogens (primary N) is 1. The minimum atomic E-state index is -0.321. The summed E-state index contributed by atoms with van der Waals surface area (Å²) in [5, 5.41) is 9.22. The van der Waals surface area contributed by atoms with E-state index >= 15 is 0 Å². The molecule has 0 radical (unpaired) electrons. The molecule has 0 fully saturated rings. The van der Waals surface area contributed by atoms with Crippen molar-refractivity contribution in [2.75, 3.05) is 0 Å². The molecule has 0 aromatic carbocycles. The lowest BCUT2D eigenvalue weighted by Crippen LogP contribution is -2.06. The zero-order chi connectivity index (χ0) is 8.27. The van der Waals surface area contributed by atoms with Gasteiger partial charge in [-0.15, -0.1) is 6.58 Å². The van der Waals surface area contributed by atoms with Crippen LogP contribution in [0.15, 0.2) is 31.1 Å². The Kier molecular flexibility index (Phi) is 2.23. The standard InChI is InChI=1S/C8H10N2O/c1-2-7(9)6-3-4-10-5-8(6)11/h2-5,7,11H,1,9H2/t7-/m0/s1. The van der Waals surface area contributed by atoms with Crippen LogP contribution in [0.5, 0.6) is 5.75 Å². The van der Waals surface area contributed by atoms with Crippen molar-refractivity contribution in [3.8, 4) is 5.75 Å². The minimum Gasteiger partial charge on any atom is -0.506 e. The zero-order valence-corrected chi connectivity index (χ0v) is 6.07. The molecule has 3 nitrogen and oxygen atoms in total. The highest BCUT2D eigenvalue weighted by Crippen LogP contribution is 2.20. The number of aromatic hydroxyl groups is 1. The summed E-state index contributed by atoms with van der Waals surface area (Å²) in [5.74, 6) is 0.111. The van der Waals surface area contributed by atoms with Crippen LogP contribution in [0, 0.1) is 0 Å². The molecular weight excluding hydrogens is 140 g/mol. The third-order valence-corrected chi connectivity index (χ3v) is 1.45. The zero-order valence-electron chi connectivity index (χ0n) is 6.07. The summed E-state index contributed by atoms with van der Waals surface area (Å²) in [5.41, 5.74) is 6.24. The van der Waals surface area contributed by atoms with Gasteiger partial charge < -0.3 is 10.8 Å². The van der Waals surface area contributed by atoms with Gasteiger partial charge in [0.15, 0.2) is 0 Å². The van der Waals surface area contributed by atoms with Crippen LogP contribution < -0.4 is 5.73 Å². The van der Waals surface area contributed by atoms with E-state index in [1.807, 2.05) is 0 Å². The molecule has 1 aromatic rings. The Bertz CT molecular complexity index is 260. The molecule has 0 aliphatic rings. The van der Waals surface area contributed by atoms with Crippen LogP contribution in [-0.4, -0.2) is 10.1 Å². The Balaban J connectivity index is 3.02. The van der Waals surface area contributed by atoms with E-state index < -0.39 is 0 Å². The second kappa shape index (κ2) is 3.16. The van der Waals surface area contributed by atoms with Crippen molar-refractivity contribution in [1.29, 1.82) is 0 Å². The number of nitrogens with zero attached hydrogens (tertiary/aromatic N) is 1. The predicted molar refractivity (Wildman–Crippen MR) is 43.0 cm³/mol. The van der Waals surface area contributed by atoms with Gasteiger partial charge in [0, 0.05) is 11.8 Å². The van der Waals surface area contributed by atoms with Crippen molar-refractivity contribution in [1.82, 2.24) is 4.98 Å². The summed E-state index contributed by atoms with van der Waals surface area (Å²) in [6.45, 7) is 3.52. The summed E-state index contributed by atoms with van der Waals surface area (Å²) in [4.78, 5) is 3.72. The molecule has 1 aromatic heterocycles. The Hall–Kier alpha value is -1.35. The van der Waals surface area contributed by atoms with Crippen molar-refractivity contribution >= 4 is 0 Å². The molecular formula is C8H10N2O. The van der Waals surface area contributed by atoms with E-state index in [-0.39, 0.29) is 11.8 Å². The minimum absolute atomic E-state index is 0.111. The summed E-state index contributed by atoms with van der Waals surface area (Å²) in [6.07, 6.45) is 4.51. The molecule has 1 atom stereocenters. The second-order valence-electron chi connectivity index (χ2n) is 2.20. The lowest BCUT2D eigenvalue weighted by Gasteiger charge is -2.06. The molecule has 3 N–H and O–H groups in total. The fourth-order valence-electron chi connectivity index (χ4n) is 0.806. The quantitative estimate of drug-likeness (QED) is 0.617. The lowest BCUT2D eigenvalue weighted by atomic mass is 10.1. The number of aromatic nitrogens is 1. The summed E-state index contributed by atoms with van der Waals surface area (Å²) in [6, 6.07) is 1.35. The van der Waals surface area contributed by atoms with Crippen LogP contribution in [0.4, 0.5) is 0 Å². The fourth-order valence-corrected chi connectivity index (χ4v) is 0.806. The molecule has 1 heterocycles. The van der Waals surface area contributed by atoms with E-state index in [1.165, 1.54) is 6.20 Å². The molecule has 0 spiro atoms. The molecule has 11 heavy (non-hydrogen) atoms. The third kappa shape index (κ3) is 1.56. The SMILES string of the molecule is C=C[C@H](N)c1ccncc1O. The van der Waals surface area contributed by atoms with Gasteiger partial charge in [-0.1, -0.05) is 6.08 Å². The Labute approximate surface area is 65.2 Å². The monoisotopic (exact) mass is 150 g/mol. The molecule has 1 rings (SSSR count). The molecule has 0 aliphatic heterocycles. The first kappa shape index (κ1) is 7.75. The van der Waals surface area contributed by atoms with Gasteiger partial charge in [-0.25, -0.2) is 0 Å². The van der Waals surface area contributed by atoms with Crippen molar-refractivity contribution in [3.05, 3.63) is 36.7 Å². The van der Waals surface area contributed by atoms with Gasteiger partial charge in [-0.3, -0.25) is 4.98 Å². The molecule has 0 saturated carbocycles. The van der Waals surface area contributed by atoms with E-state index in [9.17, 15) is 5.11 Å². The molecule has 0 saturated heterocycles. The highest BCUT2D eigenvalue weighted by atomic mass is 16.3. The largest absolute Gasteiger partial charge is 0.506 e. The molecule has 58 valence electrons. The molecule has 0 amide bonds. The van der Waals surface area contributed by atoms with Gasteiger partial charge in [0.05, 0.1) is 12.2 Å². The van der Waals surface area contributed by atoms with E-state index in [0.717, 1.165) is 0 Å². The fraction of sp³-hybridized carbons (Fsp3) is 0.125. The van der Waals surface area contributed by atoms with Crippen molar-refractivity contribution in [2.24, 2.45) is 5.73 Å². The second-order valence-corrected chi connectivity index (χ2v) is 2.20. The topological polar surface area (TPSA) is 59.1 Å². The van der Waals surface area contributed by atoms with Crippen LogP contribution in [0.1, 0.15) is 11.6 Å². The molecule has 0 unspecified atom stereocenters. The molecule has 3 heteroatoms. The summed E-state index contributed by atoms with van der Waals surface area (Å²) < 4.78 is 0. The predicted octanol–water partition coefficient (Wildman–Crippen LogP) is 0.973. The van der Waals surface area contributed by atoms with Gasteiger partial charge >= 0.3 is 0 Å². The van der Waals surface area contributed by atoms with Crippen LogP contribution in [0.3, 0.4) is 0 Å². The summed E-state index contributed by atoms with van der Waals surface area (Å²) >= 11 is 0. The van der Waals surface area contributed by atoms with Crippen molar-refractivity contribution < 1.29 is 5.11 Å². The van der Waals surface area contributed by atoms with Gasteiger partial charge in [0.1, 0.15) is 5.75 Å². The van der Waals surface area contributed by atoms with Crippen LogP contribution in [0.25, 0.3) is 0 Å². The first-order chi connectivity index (χ1) is 5.25. The maximum atomic E-state index is 9.22. The van der Waals surface area contributed by atoms with E-state index in [2.05, 4.69) is 11.6 Å². The number of pyridine rings is 1. The first-order valence-electron chi connectivity index (χ1n) is 3.26. The Morgan fingerprint density at radius 3 is 3.00 bits per heavy atom. The molecule has 0 bridgehead atoms. The van der Waals surface area contributed by atoms with Crippen LogP contribution in [0.2, 0.25) is 0 Å². The molecule has 0 aliphatic carbocycles. The maximum absolute atomic E-state index is 9.22. The van der Waals surface area contributed by atoms with Gasteiger partial charge in [0.25, 0.3) is 0 Å². The van der Waals surface area contributed by atoms with Gasteiger partial charge in [-0.2, -0.15) is 0 Å². The van der Waals surface area contributed by atoms with Crippen LogP contribution in [-0.2, 0) is 0 Å². The van der Waals surface area contributed by atoms with Crippen LogP contribution >= 0.6 is 0 Å². The van der Waals surface area contributed by atoms with Crippen molar-refractivity contribution in [3.63, 3.8) is 0 Å². The lowest BCUT2D eigenvalue weighted by molar-refractivity contribution is 0.463. The average Bonchev–Trinajstić information content (AvgIpc) is 2.04. The van der Waals surface area contributed by atoms with Crippen molar-refractivity contribution in [2.45, 2.75) is 6.04 Å². The average molecular weight is 150 g/mol. The van der Waals surface area contributed by atoms with Gasteiger partial charge in [0.2, 0.25) is 0 Å². The Morgan fingerprint density at radius 2 is 2.45 bits per heavy atom. The number of hydrogen-bond acceptors (Lipinski definition) is 3. The van der Waals surface area contributed by atoms with E-state index in [0.29, 0.717) is 5.56 Å². The van der Waals surface area contributed by atoms with E-state index in [4.69, 9.17) is 5.73 Å². The first-order valence-corrected chi connectivity index (χ1v) is 3.26.